The number of halogens is 2. The zero-order chi connectivity index (χ0) is 18.1. The van der Waals surface area contributed by atoms with Gasteiger partial charge in [-0.3, -0.25) is 4.79 Å². The van der Waals surface area contributed by atoms with E-state index in [2.05, 4.69) is 5.32 Å². The van der Waals surface area contributed by atoms with Crippen LogP contribution in [0.25, 0.3) is 0 Å². The molecule has 1 aliphatic heterocycles. The molecule has 3 rings (SSSR count). The summed E-state index contributed by atoms with van der Waals surface area (Å²) in [5, 5.41) is 12.7. The van der Waals surface area contributed by atoms with Gasteiger partial charge in [-0.25, -0.2) is 4.39 Å². The molecule has 1 heterocycles. The maximum atomic E-state index is 14.1. The van der Waals surface area contributed by atoms with Crippen molar-refractivity contribution in [1.29, 1.82) is 0 Å². The summed E-state index contributed by atoms with van der Waals surface area (Å²) in [4.78, 5) is 11.4. The number of carboxylic acid groups (broad SMARTS) is 1. The van der Waals surface area contributed by atoms with Crippen molar-refractivity contribution < 1.29 is 19.0 Å². The van der Waals surface area contributed by atoms with E-state index in [-0.39, 0.29) is 17.2 Å². The molecule has 2 aromatic rings. The van der Waals surface area contributed by atoms with Gasteiger partial charge >= 0.3 is 5.97 Å². The number of hydrogen-bond donors (Lipinski definition) is 2. The lowest BCUT2D eigenvalue weighted by Crippen LogP contribution is -2.30. The predicted molar refractivity (Wildman–Crippen MR) is 97.8 cm³/mol. The molecular formula is C18H15ClFNO3S. The third-order valence-corrected chi connectivity index (χ3v) is 4.70. The van der Waals surface area contributed by atoms with Gasteiger partial charge < -0.3 is 15.2 Å². The van der Waals surface area contributed by atoms with Crippen LogP contribution in [0.3, 0.4) is 0 Å². The van der Waals surface area contributed by atoms with Crippen molar-refractivity contribution in [2.24, 2.45) is 0 Å². The molecule has 0 radical (unpaired) electrons. The monoisotopic (exact) mass is 379 g/mol. The number of carboxylic acids is 1. The highest BCUT2D eigenvalue weighted by Crippen LogP contribution is 2.39. The van der Waals surface area contributed by atoms with Gasteiger partial charge in [0.15, 0.2) is 0 Å². The van der Waals surface area contributed by atoms with Crippen molar-refractivity contribution >= 4 is 40.5 Å². The average molecular weight is 380 g/mol. The molecule has 130 valence electrons. The van der Waals surface area contributed by atoms with Crippen LogP contribution in [-0.4, -0.2) is 22.2 Å². The molecule has 0 amide bonds. The summed E-state index contributed by atoms with van der Waals surface area (Å²) in [5.74, 6) is -1.40. The van der Waals surface area contributed by atoms with Crippen molar-refractivity contribution in [2.75, 3.05) is 5.32 Å². The van der Waals surface area contributed by atoms with E-state index < -0.39 is 18.2 Å². The molecule has 0 fully saturated rings. The van der Waals surface area contributed by atoms with Crippen molar-refractivity contribution in [2.45, 2.75) is 25.6 Å². The first kappa shape index (κ1) is 17.8. The van der Waals surface area contributed by atoms with Crippen LogP contribution in [0.5, 0.6) is 0 Å². The van der Waals surface area contributed by atoms with Gasteiger partial charge in [-0.05, 0) is 42.3 Å². The van der Waals surface area contributed by atoms with E-state index >= 15 is 0 Å². The van der Waals surface area contributed by atoms with Crippen LogP contribution in [0, 0.1) is 12.7 Å². The zero-order valence-corrected chi connectivity index (χ0v) is 14.8. The average Bonchev–Trinajstić information content (AvgIpc) is 2.67. The highest BCUT2D eigenvalue weighted by molar-refractivity contribution is 7.80. The van der Waals surface area contributed by atoms with E-state index in [1.54, 1.807) is 37.3 Å². The van der Waals surface area contributed by atoms with Crippen LogP contribution in [0.15, 0.2) is 36.4 Å². The molecule has 2 N–H and O–H groups in total. The second kappa shape index (κ2) is 7.07. The zero-order valence-electron chi connectivity index (χ0n) is 13.3. The number of carbonyl (C=O) groups is 1. The number of fused-ring (bicyclic) bond motifs is 1. The molecule has 2 unspecified atom stereocenters. The third-order valence-electron chi connectivity index (χ3n) is 4.10. The minimum Gasteiger partial charge on any atom is -0.481 e. The minimum absolute atomic E-state index is 0.266. The number of thiocarbonyl (C=S) groups is 1. The summed E-state index contributed by atoms with van der Waals surface area (Å²) in [6.45, 7) is 1.65. The van der Waals surface area contributed by atoms with Crippen LogP contribution in [0.2, 0.25) is 5.02 Å². The van der Waals surface area contributed by atoms with E-state index in [1.165, 1.54) is 6.07 Å². The quantitative estimate of drug-likeness (QED) is 0.769. The number of benzene rings is 2. The Balaban J connectivity index is 2.15. The van der Waals surface area contributed by atoms with E-state index in [4.69, 9.17) is 33.7 Å². The molecule has 2 aromatic carbocycles. The van der Waals surface area contributed by atoms with Gasteiger partial charge in [0.05, 0.1) is 6.42 Å². The van der Waals surface area contributed by atoms with Crippen LogP contribution in [-0.2, 0) is 9.53 Å². The van der Waals surface area contributed by atoms with E-state index in [0.717, 1.165) is 0 Å². The molecule has 0 spiro atoms. The van der Waals surface area contributed by atoms with Gasteiger partial charge in [-0.15, -0.1) is 0 Å². The van der Waals surface area contributed by atoms with Crippen molar-refractivity contribution in [3.63, 3.8) is 0 Å². The maximum Gasteiger partial charge on any atom is 0.306 e. The van der Waals surface area contributed by atoms with Gasteiger partial charge in [0.1, 0.15) is 23.0 Å². The van der Waals surface area contributed by atoms with E-state index in [1.807, 2.05) is 0 Å². The van der Waals surface area contributed by atoms with Crippen LogP contribution in [0.4, 0.5) is 10.1 Å². The van der Waals surface area contributed by atoms with E-state index in [0.29, 0.717) is 27.4 Å². The molecule has 7 heteroatoms. The van der Waals surface area contributed by atoms with Crippen molar-refractivity contribution in [3.05, 3.63) is 63.9 Å². The molecule has 25 heavy (non-hydrogen) atoms. The van der Waals surface area contributed by atoms with Crippen LogP contribution >= 0.6 is 23.8 Å². The largest absolute Gasteiger partial charge is 0.481 e. The minimum atomic E-state index is -1.03. The van der Waals surface area contributed by atoms with Gasteiger partial charge in [-0.1, -0.05) is 36.0 Å². The lowest BCUT2D eigenvalue weighted by atomic mass is 9.96. The Labute approximate surface area is 154 Å². The van der Waals surface area contributed by atoms with Crippen LogP contribution in [0.1, 0.15) is 29.2 Å². The Morgan fingerprint density at radius 2 is 2.12 bits per heavy atom. The number of ether oxygens (including phenoxy) is 1. The SMILES string of the molecule is Cc1c(F)cccc1C1OC(CC(=O)O)C(=S)Nc2ccc(Cl)cc21. The number of anilines is 1. The number of hydrogen-bond acceptors (Lipinski definition) is 3. The molecular weight excluding hydrogens is 365 g/mol. The Morgan fingerprint density at radius 3 is 2.84 bits per heavy atom. The second-order valence-electron chi connectivity index (χ2n) is 5.78. The lowest BCUT2D eigenvalue weighted by molar-refractivity contribution is -0.139. The van der Waals surface area contributed by atoms with Gasteiger partial charge in [-0.2, -0.15) is 0 Å². The molecule has 4 nitrogen and oxygen atoms in total. The van der Waals surface area contributed by atoms with Gasteiger partial charge in [0, 0.05) is 16.3 Å². The molecule has 0 aliphatic carbocycles. The maximum absolute atomic E-state index is 14.1. The molecule has 1 aliphatic rings. The van der Waals surface area contributed by atoms with Crippen molar-refractivity contribution in [1.82, 2.24) is 0 Å². The standard InChI is InChI=1S/C18H15ClFNO3S/c1-9-11(3-2-4-13(9)20)17-12-7-10(19)5-6-14(12)21-18(25)15(24-17)8-16(22)23/h2-7,15,17H,8H2,1H3,(H,21,25)(H,22,23). The summed E-state index contributed by atoms with van der Waals surface area (Å²) >= 11 is 11.4. The van der Waals surface area contributed by atoms with Gasteiger partial charge in [0.2, 0.25) is 0 Å². The Hall–Kier alpha value is -2.02. The first-order chi connectivity index (χ1) is 11.9. The fourth-order valence-corrected chi connectivity index (χ4v) is 3.25. The third kappa shape index (κ3) is 3.66. The van der Waals surface area contributed by atoms with Gasteiger partial charge in [0.25, 0.3) is 0 Å². The Morgan fingerprint density at radius 1 is 1.36 bits per heavy atom. The molecule has 0 aromatic heterocycles. The summed E-state index contributed by atoms with van der Waals surface area (Å²) in [5.41, 5.74) is 2.37. The smallest absolute Gasteiger partial charge is 0.306 e. The first-order valence-electron chi connectivity index (χ1n) is 7.59. The Kier molecular flexibility index (Phi) is 5.03. The first-order valence-corrected chi connectivity index (χ1v) is 8.38. The number of rotatable bonds is 3. The molecule has 0 saturated heterocycles. The Bertz CT molecular complexity index is 858. The van der Waals surface area contributed by atoms with Crippen molar-refractivity contribution in [3.8, 4) is 0 Å². The summed E-state index contributed by atoms with van der Waals surface area (Å²) in [7, 11) is 0. The highest BCUT2D eigenvalue weighted by atomic mass is 35.5. The summed E-state index contributed by atoms with van der Waals surface area (Å²) < 4.78 is 20.1. The number of nitrogens with one attached hydrogen (secondary N) is 1. The lowest BCUT2D eigenvalue weighted by Gasteiger charge is -2.23. The molecule has 0 saturated carbocycles. The fourth-order valence-electron chi connectivity index (χ4n) is 2.83. The predicted octanol–water partition coefficient (Wildman–Crippen LogP) is 4.49. The van der Waals surface area contributed by atoms with E-state index in [9.17, 15) is 9.18 Å². The molecule has 2 atom stereocenters. The fraction of sp³-hybridized carbons (Fsp3) is 0.222. The molecule has 0 bridgehead atoms. The van der Waals surface area contributed by atoms with Crippen LogP contribution < -0.4 is 5.32 Å². The second-order valence-corrected chi connectivity index (χ2v) is 6.65. The highest BCUT2D eigenvalue weighted by Gasteiger charge is 2.32. The summed E-state index contributed by atoms with van der Waals surface area (Å²) in [6, 6.07) is 9.87. The number of aliphatic carboxylic acids is 1. The topological polar surface area (TPSA) is 58.6 Å². The normalized spacial score (nSPS) is 19.7. The summed E-state index contributed by atoms with van der Waals surface area (Å²) in [6.07, 6.45) is -1.83.